The standard InChI is InChI=1S/C22H28N2O5S/c1-17-14-20(28-2)8-9-21(17)30(26,27)23-15-18-10-12-24(13-11-18)22(25)16-29-19-6-4-3-5-7-19/h3-9,14,18,23H,10-13,15-16H2,1-2H3. The van der Waals surface area contributed by atoms with E-state index < -0.39 is 10.0 Å². The molecule has 1 aliphatic heterocycles. The highest BCUT2D eigenvalue weighted by Crippen LogP contribution is 2.22. The molecular weight excluding hydrogens is 404 g/mol. The van der Waals surface area contributed by atoms with Crippen molar-refractivity contribution >= 4 is 15.9 Å². The molecule has 1 amide bonds. The van der Waals surface area contributed by atoms with Crippen LogP contribution in [-0.4, -0.2) is 52.6 Å². The molecule has 1 aliphatic rings. The van der Waals surface area contributed by atoms with E-state index in [1.54, 1.807) is 37.1 Å². The Bertz CT molecular complexity index is 955. The summed E-state index contributed by atoms with van der Waals surface area (Å²) in [6.07, 6.45) is 1.50. The van der Waals surface area contributed by atoms with Crippen LogP contribution in [0.5, 0.6) is 11.5 Å². The number of sulfonamides is 1. The van der Waals surface area contributed by atoms with Crippen LogP contribution in [0.15, 0.2) is 53.4 Å². The number of rotatable bonds is 8. The number of ether oxygens (including phenoxy) is 2. The quantitative estimate of drug-likeness (QED) is 0.693. The van der Waals surface area contributed by atoms with Gasteiger partial charge in [-0.15, -0.1) is 0 Å². The van der Waals surface area contributed by atoms with E-state index in [0.29, 0.717) is 36.7 Å². The zero-order valence-corrected chi connectivity index (χ0v) is 18.2. The number of methoxy groups -OCH3 is 1. The van der Waals surface area contributed by atoms with Crippen molar-refractivity contribution in [3.63, 3.8) is 0 Å². The van der Waals surface area contributed by atoms with Crippen LogP contribution in [0, 0.1) is 12.8 Å². The van der Waals surface area contributed by atoms with Crippen molar-refractivity contribution in [2.75, 3.05) is 33.4 Å². The molecule has 1 heterocycles. The lowest BCUT2D eigenvalue weighted by Gasteiger charge is -2.32. The molecule has 0 saturated carbocycles. The Labute approximate surface area is 178 Å². The van der Waals surface area contributed by atoms with Gasteiger partial charge in [0.15, 0.2) is 6.61 Å². The zero-order chi connectivity index (χ0) is 21.6. The van der Waals surface area contributed by atoms with Crippen LogP contribution in [0.2, 0.25) is 0 Å². The number of carbonyl (C=O) groups is 1. The molecule has 3 rings (SSSR count). The van der Waals surface area contributed by atoms with Gasteiger partial charge in [-0.1, -0.05) is 18.2 Å². The summed E-state index contributed by atoms with van der Waals surface area (Å²) >= 11 is 0. The minimum atomic E-state index is -3.59. The van der Waals surface area contributed by atoms with Gasteiger partial charge >= 0.3 is 0 Å². The monoisotopic (exact) mass is 432 g/mol. The van der Waals surface area contributed by atoms with Crippen LogP contribution in [0.3, 0.4) is 0 Å². The van der Waals surface area contributed by atoms with Crippen molar-refractivity contribution < 1.29 is 22.7 Å². The molecule has 0 atom stereocenters. The lowest BCUT2D eigenvalue weighted by molar-refractivity contribution is -0.134. The SMILES string of the molecule is COc1ccc(S(=O)(=O)NCC2CCN(C(=O)COc3ccccc3)CC2)c(C)c1. The first kappa shape index (κ1) is 22.1. The van der Waals surface area contributed by atoms with Crippen LogP contribution in [0.4, 0.5) is 0 Å². The smallest absolute Gasteiger partial charge is 0.260 e. The molecule has 0 unspecified atom stereocenters. The summed E-state index contributed by atoms with van der Waals surface area (Å²) in [6.45, 7) is 3.32. The predicted molar refractivity (Wildman–Crippen MR) is 114 cm³/mol. The molecule has 0 aromatic heterocycles. The third-order valence-electron chi connectivity index (χ3n) is 5.31. The Morgan fingerprint density at radius 3 is 2.43 bits per heavy atom. The fourth-order valence-electron chi connectivity index (χ4n) is 3.50. The first-order valence-corrected chi connectivity index (χ1v) is 11.5. The van der Waals surface area contributed by atoms with Crippen molar-refractivity contribution in [3.05, 3.63) is 54.1 Å². The molecule has 162 valence electrons. The normalized spacial score (nSPS) is 15.1. The number of benzene rings is 2. The molecule has 0 aliphatic carbocycles. The van der Waals surface area contributed by atoms with E-state index in [4.69, 9.17) is 9.47 Å². The summed E-state index contributed by atoms with van der Waals surface area (Å²) in [6, 6.07) is 14.2. The van der Waals surface area contributed by atoms with Gasteiger partial charge in [0.1, 0.15) is 11.5 Å². The number of nitrogens with one attached hydrogen (secondary N) is 1. The Hall–Kier alpha value is -2.58. The molecule has 1 fully saturated rings. The molecule has 7 nitrogen and oxygen atoms in total. The number of hydrogen-bond acceptors (Lipinski definition) is 5. The number of para-hydroxylation sites is 1. The fraction of sp³-hybridized carbons (Fsp3) is 0.409. The van der Waals surface area contributed by atoms with Gasteiger partial charge in [-0.05, 0) is 61.6 Å². The topological polar surface area (TPSA) is 84.9 Å². The third kappa shape index (κ3) is 5.73. The molecule has 2 aromatic carbocycles. The van der Waals surface area contributed by atoms with Crippen molar-refractivity contribution in [1.29, 1.82) is 0 Å². The second kappa shape index (κ2) is 9.95. The lowest BCUT2D eigenvalue weighted by Crippen LogP contribution is -2.43. The van der Waals surface area contributed by atoms with Crippen LogP contribution < -0.4 is 14.2 Å². The number of likely N-dealkylation sites (tertiary alicyclic amines) is 1. The second-order valence-corrected chi connectivity index (χ2v) is 9.14. The maximum atomic E-state index is 12.7. The average Bonchev–Trinajstić information content (AvgIpc) is 2.77. The van der Waals surface area contributed by atoms with Crippen LogP contribution in [0.1, 0.15) is 18.4 Å². The number of carbonyl (C=O) groups excluding carboxylic acids is 1. The molecule has 1 saturated heterocycles. The van der Waals surface area contributed by atoms with Crippen molar-refractivity contribution in [1.82, 2.24) is 9.62 Å². The first-order chi connectivity index (χ1) is 14.4. The van der Waals surface area contributed by atoms with E-state index in [0.717, 1.165) is 12.8 Å². The Kier molecular flexibility index (Phi) is 7.33. The highest BCUT2D eigenvalue weighted by Gasteiger charge is 2.25. The van der Waals surface area contributed by atoms with Crippen molar-refractivity contribution in [2.45, 2.75) is 24.7 Å². The highest BCUT2D eigenvalue weighted by atomic mass is 32.2. The summed E-state index contributed by atoms with van der Waals surface area (Å²) in [4.78, 5) is 14.4. The molecule has 2 aromatic rings. The van der Waals surface area contributed by atoms with Crippen molar-refractivity contribution in [3.8, 4) is 11.5 Å². The summed E-state index contributed by atoms with van der Waals surface area (Å²) < 4.78 is 38.7. The number of hydrogen-bond donors (Lipinski definition) is 1. The maximum absolute atomic E-state index is 12.7. The molecule has 30 heavy (non-hydrogen) atoms. The van der Waals surface area contributed by atoms with Crippen LogP contribution in [0.25, 0.3) is 0 Å². The largest absolute Gasteiger partial charge is 0.497 e. The van der Waals surface area contributed by atoms with Gasteiger partial charge < -0.3 is 14.4 Å². The lowest BCUT2D eigenvalue weighted by atomic mass is 9.97. The zero-order valence-electron chi connectivity index (χ0n) is 17.3. The first-order valence-electron chi connectivity index (χ1n) is 9.99. The molecule has 1 N–H and O–H groups in total. The van der Waals surface area contributed by atoms with Gasteiger partial charge in [0.05, 0.1) is 12.0 Å². The third-order valence-corrected chi connectivity index (χ3v) is 6.89. The van der Waals surface area contributed by atoms with Crippen molar-refractivity contribution in [2.24, 2.45) is 5.92 Å². The molecule has 0 radical (unpaired) electrons. The molecule has 8 heteroatoms. The minimum Gasteiger partial charge on any atom is -0.497 e. The number of piperidine rings is 1. The van der Waals surface area contributed by atoms with E-state index in [-0.39, 0.29) is 23.3 Å². The van der Waals surface area contributed by atoms with Crippen LogP contribution in [-0.2, 0) is 14.8 Å². The Morgan fingerprint density at radius 1 is 1.10 bits per heavy atom. The summed E-state index contributed by atoms with van der Waals surface area (Å²) in [7, 11) is -2.04. The van der Waals surface area contributed by atoms with Gasteiger partial charge in [0.25, 0.3) is 5.91 Å². The molecular formula is C22H28N2O5S. The second-order valence-electron chi connectivity index (χ2n) is 7.41. The van der Waals surface area contributed by atoms with Crippen LogP contribution >= 0.6 is 0 Å². The predicted octanol–water partition coefficient (Wildman–Crippen LogP) is 2.60. The summed E-state index contributed by atoms with van der Waals surface area (Å²) in [5.41, 5.74) is 0.640. The van der Waals surface area contributed by atoms with E-state index in [9.17, 15) is 13.2 Å². The Morgan fingerprint density at radius 2 is 1.80 bits per heavy atom. The van der Waals surface area contributed by atoms with E-state index in [2.05, 4.69) is 4.72 Å². The van der Waals surface area contributed by atoms with Gasteiger partial charge in [-0.2, -0.15) is 0 Å². The van der Waals surface area contributed by atoms with Gasteiger partial charge in [0.2, 0.25) is 10.0 Å². The summed E-state index contributed by atoms with van der Waals surface area (Å²) in [5, 5.41) is 0. The number of amides is 1. The highest BCUT2D eigenvalue weighted by molar-refractivity contribution is 7.89. The summed E-state index contributed by atoms with van der Waals surface area (Å²) in [5.74, 6) is 1.44. The number of aryl methyl sites for hydroxylation is 1. The minimum absolute atomic E-state index is 0.0120. The van der Waals surface area contributed by atoms with E-state index >= 15 is 0 Å². The van der Waals surface area contributed by atoms with E-state index in [1.165, 1.54) is 0 Å². The maximum Gasteiger partial charge on any atom is 0.260 e. The Balaban J connectivity index is 1.46. The number of nitrogens with zero attached hydrogens (tertiary/aromatic N) is 1. The van der Waals surface area contributed by atoms with Gasteiger partial charge in [-0.3, -0.25) is 4.79 Å². The fourth-order valence-corrected chi connectivity index (χ4v) is 4.84. The van der Waals surface area contributed by atoms with Gasteiger partial charge in [-0.25, -0.2) is 13.1 Å². The molecule has 0 spiro atoms. The van der Waals surface area contributed by atoms with Gasteiger partial charge in [0, 0.05) is 19.6 Å². The average molecular weight is 433 g/mol. The molecule has 0 bridgehead atoms. The van der Waals surface area contributed by atoms with E-state index in [1.807, 2.05) is 30.3 Å².